The maximum Gasteiger partial charge on any atom is 0.458 e. The summed E-state index contributed by atoms with van der Waals surface area (Å²) < 4.78 is 76.3. The third-order valence-electron chi connectivity index (χ3n) is 4.01. The zero-order valence-corrected chi connectivity index (χ0v) is 19.0. The average molecular weight is 510 g/mol. The number of nitrogens with one attached hydrogen (secondary N) is 1. The molecule has 0 atom stereocenters. The van der Waals surface area contributed by atoms with E-state index >= 15 is 0 Å². The zero-order chi connectivity index (χ0) is 25.9. The van der Waals surface area contributed by atoms with E-state index in [9.17, 15) is 31.5 Å². The van der Waals surface area contributed by atoms with E-state index in [0.717, 1.165) is 12.1 Å². The van der Waals surface area contributed by atoms with Crippen molar-refractivity contribution in [2.75, 3.05) is 18.5 Å². The highest BCUT2D eigenvalue weighted by atomic mass is 35.5. The standard InChI is InChI=1S/C21H21ClF5N3O4/c1-19(2,3)34-18(32)14-7-5-12(16(22)30-14)17(31)29-11-4-6-13(15(10-11)33-9-8-28)20(23,24)21(25,26)27/h4-7,10H,8-9,28H2,1-3H3,(H,29,31). The SMILES string of the molecule is CC(C)(C)OC(=O)c1ccc(C(=O)Nc2ccc(C(F)(F)C(F)(F)F)c(OCCN)c2)c(Cl)n1. The van der Waals surface area contributed by atoms with Gasteiger partial charge < -0.3 is 20.5 Å². The van der Waals surface area contributed by atoms with Crippen molar-refractivity contribution in [1.82, 2.24) is 4.98 Å². The third-order valence-corrected chi connectivity index (χ3v) is 4.30. The molecule has 0 unspecified atom stereocenters. The molecule has 0 saturated carbocycles. The Morgan fingerprint density at radius 2 is 1.74 bits per heavy atom. The van der Waals surface area contributed by atoms with Gasteiger partial charge in [-0.2, -0.15) is 22.0 Å². The number of esters is 1. The number of rotatable bonds is 7. The van der Waals surface area contributed by atoms with Gasteiger partial charge in [0, 0.05) is 18.3 Å². The first-order chi connectivity index (χ1) is 15.6. The van der Waals surface area contributed by atoms with Gasteiger partial charge in [-0.15, -0.1) is 0 Å². The Labute approximate surface area is 196 Å². The fourth-order valence-electron chi connectivity index (χ4n) is 2.55. The summed E-state index contributed by atoms with van der Waals surface area (Å²) in [6.07, 6.45) is -5.87. The minimum Gasteiger partial charge on any atom is -0.492 e. The Kier molecular flexibility index (Phi) is 8.10. The molecular weight excluding hydrogens is 489 g/mol. The first-order valence-corrected chi connectivity index (χ1v) is 10.1. The number of halogens is 6. The minimum absolute atomic E-state index is 0.154. The Bertz CT molecular complexity index is 1070. The van der Waals surface area contributed by atoms with E-state index in [1.165, 1.54) is 12.1 Å². The van der Waals surface area contributed by atoms with Crippen LogP contribution in [0.5, 0.6) is 5.75 Å². The van der Waals surface area contributed by atoms with E-state index < -0.39 is 40.9 Å². The lowest BCUT2D eigenvalue weighted by molar-refractivity contribution is -0.289. The molecule has 0 aliphatic rings. The first kappa shape index (κ1) is 27.3. The second kappa shape index (κ2) is 10.1. The molecular formula is C21H21ClF5N3O4. The summed E-state index contributed by atoms with van der Waals surface area (Å²) in [6, 6.07) is 4.51. The number of ether oxygens (including phenoxy) is 2. The van der Waals surface area contributed by atoms with Gasteiger partial charge in [0.15, 0.2) is 0 Å². The lowest BCUT2D eigenvalue weighted by Crippen LogP contribution is -2.34. The van der Waals surface area contributed by atoms with E-state index in [4.69, 9.17) is 26.8 Å². The number of carbonyl (C=O) groups is 2. The summed E-state index contributed by atoms with van der Waals surface area (Å²) in [5.74, 6) is -7.66. The number of benzene rings is 1. The zero-order valence-electron chi connectivity index (χ0n) is 18.2. The molecule has 0 spiro atoms. The molecule has 2 rings (SSSR count). The molecule has 7 nitrogen and oxygen atoms in total. The number of nitrogens with zero attached hydrogens (tertiary/aromatic N) is 1. The van der Waals surface area contributed by atoms with Crippen LogP contribution in [0.4, 0.5) is 27.6 Å². The fraction of sp³-hybridized carbons (Fsp3) is 0.381. The van der Waals surface area contributed by atoms with Crippen LogP contribution in [0.1, 0.15) is 47.2 Å². The molecule has 0 radical (unpaired) electrons. The molecule has 1 aromatic carbocycles. The van der Waals surface area contributed by atoms with Crippen molar-refractivity contribution in [3.8, 4) is 5.75 Å². The monoisotopic (exact) mass is 509 g/mol. The van der Waals surface area contributed by atoms with Gasteiger partial charge in [-0.3, -0.25) is 4.79 Å². The third kappa shape index (κ3) is 6.54. The number of carbonyl (C=O) groups excluding carboxylic acids is 2. The van der Waals surface area contributed by atoms with Crippen molar-refractivity contribution in [1.29, 1.82) is 0 Å². The van der Waals surface area contributed by atoms with Crippen molar-refractivity contribution in [3.63, 3.8) is 0 Å². The van der Waals surface area contributed by atoms with Gasteiger partial charge in [0.25, 0.3) is 5.91 Å². The van der Waals surface area contributed by atoms with Gasteiger partial charge >= 0.3 is 18.1 Å². The Morgan fingerprint density at radius 3 is 2.26 bits per heavy atom. The van der Waals surface area contributed by atoms with Crippen LogP contribution >= 0.6 is 11.6 Å². The summed E-state index contributed by atoms with van der Waals surface area (Å²) >= 11 is 6.00. The molecule has 186 valence electrons. The largest absolute Gasteiger partial charge is 0.492 e. The lowest BCUT2D eigenvalue weighted by atomic mass is 10.1. The van der Waals surface area contributed by atoms with Gasteiger partial charge in [-0.1, -0.05) is 11.6 Å². The summed E-state index contributed by atoms with van der Waals surface area (Å²) in [4.78, 5) is 28.5. The maximum atomic E-state index is 13.9. The maximum absolute atomic E-state index is 13.9. The van der Waals surface area contributed by atoms with E-state index in [0.29, 0.717) is 6.07 Å². The molecule has 2 aromatic rings. The molecule has 13 heteroatoms. The molecule has 1 aromatic heterocycles. The summed E-state index contributed by atoms with van der Waals surface area (Å²) in [6.45, 7) is 4.44. The number of alkyl halides is 5. The van der Waals surface area contributed by atoms with Crippen LogP contribution < -0.4 is 15.8 Å². The number of pyridine rings is 1. The fourth-order valence-corrected chi connectivity index (χ4v) is 2.79. The molecule has 3 N–H and O–H groups in total. The van der Waals surface area contributed by atoms with Gasteiger partial charge in [0.2, 0.25) is 0 Å². The second-order valence-corrected chi connectivity index (χ2v) is 8.27. The van der Waals surface area contributed by atoms with E-state index in [-0.39, 0.29) is 35.2 Å². The number of nitrogens with two attached hydrogens (primary N) is 1. The lowest BCUT2D eigenvalue weighted by Gasteiger charge is -2.23. The van der Waals surface area contributed by atoms with Crippen LogP contribution in [0.15, 0.2) is 30.3 Å². The molecule has 0 fully saturated rings. The van der Waals surface area contributed by atoms with Crippen LogP contribution in [-0.4, -0.2) is 41.8 Å². The highest BCUT2D eigenvalue weighted by Crippen LogP contribution is 2.47. The number of amides is 1. The van der Waals surface area contributed by atoms with Crippen molar-refractivity contribution < 1.29 is 41.0 Å². The smallest absolute Gasteiger partial charge is 0.458 e. The van der Waals surface area contributed by atoms with Crippen LogP contribution in [0.2, 0.25) is 5.15 Å². The van der Waals surface area contributed by atoms with Gasteiger partial charge in [0.1, 0.15) is 28.8 Å². The molecule has 0 bridgehead atoms. The second-order valence-electron chi connectivity index (χ2n) is 7.91. The molecule has 34 heavy (non-hydrogen) atoms. The van der Waals surface area contributed by atoms with Gasteiger partial charge in [0.05, 0.1) is 11.1 Å². The van der Waals surface area contributed by atoms with Crippen LogP contribution in [0.25, 0.3) is 0 Å². The van der Waals surface area contributed by atoms with Crippen molar-refractivity contribution in [2.24, 2.45) is 5.73 Å². The summed E-state index contributed by atoms with van der Waals surface area (Å²) in [7, 11) is 0. The normalized spacial score (nSPS) is 12.3. The van der Waals surface area contributed by atoms with E-state index in [1.807, 2.05) is 0 Å². The number of anilines is 1. The van der Waals surface area contributed by atoms with Crippen LogP contribution in [-0.2, 0) is 10.7 Å². The highest BCUT2D eigenvalue weighted by Gasteiger charge is 2.60. The molecule has 0 aliphatic carbocycles. The molecule has 0 saturated heterocycles. The summed E-state index contributed by atoms with van der Waals surface area (Å²) in [5.41, 5.74) is 2.50. The molecule has 0 aliphatic heterocycles. The van der Waals surface area contributed by atoms with Crippen LogP contribution in [0, 0.1) is 0 Å². The van der Waals surface area contributed by atoms with E-state index in [1.54, 1.807) is 20.8 Å². The van der Waals surface area contributed by atoms with Crippen molar-refractivity contribution in [2.45, 2.75) is 38.5 Å². The number of hydrogen-bond donors (Lipinski definition) is 2. The van der Waals surface area contributed by atoms with E-state index in [2.05, 4.69) is 10.3 Å². The highest BCUT2D eigenvalue weighted by molar-refractivity contribution is 6.33. The van der Waals surface area contributed by atoms with Crippen molar-refractivity contribution in [3.05, 3.63) is 52.3 Å². The van der Waals surface area contributed by atoms with Crippen LogP contribution in [0.3, 0.4) is 0 Å². The predicted molar refractivity (Wildman–Crippen MR) is 113 cm³/mol. The number of aromatic nitrogens is 1. The Hall–Kier alpha value is -2.99. The number of hydrogen-bond acceptors (Lipinski definition) is 6. The minimum atomic E-state index is -5.87. The first-order valence-electron chi connectivity index (χ1n) is 9.70. The average Bonchev–Trinajstić information content (AvgIpc) is 2.69. The summed E-state index contributed by atoms with van der Waals surface area (Å²) in [5, 5.41) is 1.94. The molecule has 1 heterocycles. The predicted octanol–water partition coefficient (Wildman–Crippen LogP) is 4.93. The van der Waals surface area contributed by atoms with Gasteiger partial charge in [-0.25, -0.2) is 9.78 Å². The Balaban J connectivity index is 2.31. The van der Waals surface area contributed by atoms with Gasteiger partial charge in [-0.05, 0) is 45.0 Å². The quantitative estimate of drug-likeness (QED) is 0.311. The molecule has 1 amide bonds. The Morgan fingerprint density at radius 1 is 1.09 bits per heavy atom. The topological polar surface area (TPSA) is 104 Å². The van der Waals surface area contributed by atoms with Crippen molar-refractivity contribution >= 4 is 29.2 Å².